The van der Waals surface area contributed by atoms with Crippen LogP contribution in [-0.2, 0) is 27.9 Å². The molecule has 0 radical (unpaired) electrons. The monoisotopic (exact) mass is 898 g/mol. The maximum Gasteiger partial charge on any atom is 0.306 e. The number of hydrogen-bond donors (Lipinski definition) is 0. The largest absolute Gasteiger partial charge is 0.756 e. The number of rotatable bonds is 44. The maximum atomic E-state index is 12.7. The first kappa shape index (κ1) is 60.2. The molecule has 0 spiro atoms. The van der Waals surface area contributed by atoms with E-state index in [1.165, 1.54) is 64.2 Å². The molecule has 0 aliphatic carbocycles. The molecule has 2 atom stereocenters. The van der Waals surface area contributed by atoms with Gasteiger partial charge in [-0.25, -0.2) is 0 Å². The molecule has 360 valence electrons. The Hall–Kier alpha value is -2.84. The summed E-state index contributed by atoms with van der Waals surface area (Å²) in [5.74, 6) is -0.395. The number of phosphoric acid groups is 1. The molecule has 0 saturated carbocycles. The number of unbranched alkanes of at least 4 members (excludes halogenated alkanes) is 12. The lowest BCUT2D eigenvalue weighted by Crippen LogP contribution is -2.37. The van der Waals surface area contributed by atoms with Crippen molar-refractivity contribution in [2.24, 2.45) is 0 Å². The van der Waals surface area contributed by atoms with Crippen LogP contribution in [0.5, 0.6) is 0 Å². The Morgan fingerprint density at radius 1 is 0.492 bits per heavy atom. The molecular weight excluding hydrogens is 806 g/mol. The zero-order valence-electron chi connectivity index (χ0n) is 40.7. The lowest BCUT2D eigenvalue weighted by atomic mass is 10.1. The Bertz CT molecular complexity index is 1370. The highest BCUT2D eigenvalue weighted by Gasteiger charge is 2.20. The smallest absolute Gasteiger partial charge is 0.306 e. The first-order valence-electron chi connectivity index (χ1n) is 24.6. The van der Waals surface area contributed by atoms with Crippen LogP contribution in [0, 0.1) is 0 Å². The van der Waals surface area contributed by atoms with Gasteiger partial charge in [0, 0.05) is 13.0 Å². The highest BCUT2D eigenvalue weighted by molar-refractivity contribution is 7.45. The van der Waals surface area contributed by atoms with Crippen LogP contribution in [0.4, 0.5) is 0 Å². The van der Waals surface area contributed by atoms with Gasteiger partial charge in [0.25, 0.3) is 7.82 Å². The topological polar surface area (TPSA) is 94.1 Å². The van der Waals surface area contributed by atoms with Gasteiger partial charge in [0.2, 0.25) is 0 Å². The molecule has 0 N–H and O–H groups in total. The standard InChI is InChI=1S/C54H92NO7P/c1-6-8-10-12-14-16-18-20-22-24-25-26-27-28-29-30-32-34-36-38-40-42-44-46-49-59-51-53(52-61-63(57,58)60-50-48-55(3,4)5)62-54(56)47-45-43-41-39-37-35-33-31-23-21-19-17-15-13-11-9-7-2/h8-11,14-17,20-23,25-26,33,35,39,41,53H,6-7,12-13,18-19,24,27-32,34,36-38,40,42-52H2,1-5H3/b10-8-,11-9-,16-14-,17-15-,22-20-,23-21-,26-25-,35-33-,41-39-. The van der Waals surface area contributed by atoms with E-state index in [4.69, 9.17) is 18.5 Å². The third kappa shape index (κ3) is 50.0. The van der Waals surface area contributed by atoms with Crippen molar-refractivity contribution in [1.82, 2.24) is 0 Å². The van der Waals surface area contributed by atoms with Crippen LogP contribution in [0.2, 0.25) is 0 Å². The summed E-state index contributed by atoms with van der Waals surface area (Å²) < 4.78 is 34.6. The van der Waals surface area contributed by atoms with E-state index in [2.05, 4.69) is 123 Å². The molecule has 0 amide bonds. The third-order valence-corrected chi connectivity index (χ3v) is 10.8. The minimum absolute atomic E-state index is 0.00872. The summed E-state index contributed by atoms with van der Waals surface area (Å²) in [5, 5.41) is 0. The van der Waals surface area contributed by atoms with Crippen LogP contribution in [0.25, 0.3) is 0 Å². The lowest BCUT2D eigenvalue weighted by molar-refractivity contribution is -0.870. The summed E-state index contributed by atoms with van der Waals surface area (Å²) in [6, 6.07) is 0. The van der Waals surface area contributed by atoms with Crippen LogP contribution in [0.1, 0.15) is 168 Å². The average molecular weight is 898 g/mol. The zero-order valence-corrected chi connectivity index (χ0v) is 41.6. The second-order valence-electron chi connectivity index (χ2n) is 17.1. The average Bonchev–Trinajstić information content (AvgIpc) is 3.24. The number of phosphoric ester groups is 1. The van der Waals surface area contributed by atoms with Gasteiger partial charge in [-0.15, -0.1) is 0 Å². The first-order valence-corrected chi connectivity index (χ1v) is 26.1. The predicted octanol–water partition coefficient (Wildman–Crippen LogP) is 14.5. The summed E-state index contributed by atoms with van der Waals surface area (Å²) in [6.45, 7) is 5.07. The van der Waals surface area contributed by atoms with E-state index < -0.39 is 19.9 Å². The number of esters is 1. The van der Waals surface area contributed by atoms with E-state index in [0.717, 1.165) is 77.0 Å². The Labute approximate surface area is 387 Å². The molecule has 0 heterocycles. The van der Waals surface area contributed by atoms with Gasteiger partial charge in [0.05, 0.1) is 34.4 Å². The van der Waals surface area contributed by atoms with Crippen molar-refractivity contribution in [2.45, 2.75) is 174 Å². The normalized spacial score (nSPS) is 14.6. The van der Waals surface area contributed by atoms with Crippen molar-refractivity contribution in [1.29, 1.82) is 0 Å². The maximum absolute atomic E-state index is 12.7. The van der Waals surface area contributed by atoms with Crippen molar-refractivity contribution in [3.63, 3.8) is 0 Å². The molecular formula is C54H92NO7P. The van der Waals surface area contributed by atoms with Gasteiger partial charge in [-0.3, -0.25) is 9.36 Å². The number of nitrogens with zero attached hydrogens (tertiary/aromatic N) is 1. The molecule has 63 heavy (non-hydrogen) atoms. The third-order valence-electron chi connectivity index (χ3n) is 9.82. The number of likely N-dealkylation sites (N-methyl/N-ethyl adjacent to an activating group) is 1. The molecule has 0 bridgehead atoms. The number of ether oxygens (including phenoxy) is 2. The van der Waals surface area contributed by atoms with Crippen molar-refractivity contribution < 1.29 is 37.3 Å². The summed E-state index contributed by atoms with van der Waals surface area (Å²) in [6.07, 6.45) is 64.1. The van der Waals surface area contributed by atoms with E-state index >= 15 is 0 Å². The molecule has 0 aliphatic rings. The fraction of sp³-hybridized carbons (Fsp3) is 0.648. The predicted molar refractivity (Wildman–Crippen MR) is 268 cm³/mol. The molecule has 0 aliphatic heterocycles. The molecule has 8 nitrogen and oxygen atoms in total. The van der Waals surface area contributed by atoms with Gasteiger partial charge >= 0.3 is 5.97 Å². The van der Waals surface area contributed by atoms with Crippen molar-refractivity contribution in [3.05, 3.63) is 109 Å². The van der Waals surface area contributed by atoms with E-state index in [9.17, 15) is 14.3 Å². The summed E-state index contributed by atoms with van der Waals surface area (Å²) in [4.78, 5) is 25.1. The van der Waals surface area contributed by atoms with Crippen molar-refractivity contribution in [3.8, 4) is 0 Å². The fourth-order valence-electron chi connectivity index (χ4n) is 6.10. The van der Waals surface area contributed by atoms with E-state index in [1.807, 2.05) is 21.1 Å². The van der Waals surface area contributed by atoms with Gasteiger partial charge in [-0.2, -0.15) is 0 Å². The number of quaternary nitrogens is 1. The minimum Gasteiger partial charge on any atom is -0.756 e. The molecule has 9 heteroatoms. The van der Waals surface area contributed by atoms with Gasteiger partial charge in [0.1, 0.15) is 19.3 Å². The molecule has 0 fully saturated rings. The molecule has 0 saturated heterocycles. The highest BCUT2D eigenvalue weighted by atomic mass is 31.2. The van der Waals surface area contributed by atoms with E-state index in [1.54, 1.807) is 0 Å². The second kappa shape index (κ2) is 45.7. The van der Waals surface area contributed by atoms with E-state index in [0.29, 0.717) is 24.1 Å². The van der Waals surface area contributed by atoms with Crippen LogP contribution >= 0.6 is 7.82 Å². The van der Waals surface area contributed by atoms with Crippen molar-refractivity contribution >= 4 is 13.8 Å². The van der Waals surface area contributed by atoms with Crippen LogP contribution in [0.3, 0.4) is 0 Å². The van der Waals surface area contributed by atoms with Crippen LogP contribution in [0.15, 0.2) is 109 Å². The van der Waals surface area contributed by atoms with Crippen LogP contribution in [-0.4, -0.2) is 70.7 Å². The Morgan fingerprint density at radius 2 is 0.873 bits per heavy atom. The quantitative estimate of drug-likeness (QED) is 0.0198. The summed E-state index contributed by atoms with van der Waals surface area (Å²) in [7, 11) is 1.30. The molecule has 0 aromatic carbocycles. The van der Waals surface area contributed by atoms with Gasteiger partial charge in [0.15, 0.2) is 0 Å². The molecule has 2 unspecified atom stereocenters. The van der Waals surface area contributed by atoms with Gasteiger partial charge < -0.3 is 27.9 Å². The number of carbonyl (C=O) groups is 1. The zero-order chi connectivity index (χ0) is 46.2. The Morgan fingerprint density at radius 3 is 1.30 bits per heavy atom. The first-order chi connectivity index (χ1) is 30.6. The number of allylic oxidation sites excluding steroid dienone is 18. The number of carbonyl (C=O) groups excluding carboxylic acids is 1. The molecule has 0 aromatic heterocycles. The van der Waals surface area contributed by atoms with Gasteiger partial charge in [-0.05, 0) is 89.9 Å². The van der Waals surface area contributed by atoms with Crippen LogP contribution < -0.4 is 4.89 Å². The van der Waals surface area contributed by atoms with Crippen molar-refractivity contribution in [2.75, 3.05) is 54.1 Å². The highest BCUT2D eigenvalue weighted by Crippen LogP contribution is 2.38. The number of hydrogen-bond acceptors (Lipinski definition) is 7. The Balaban J connectivity index is 4.24. The molecule has 0 rings (SSSR count). The van der Waals surface area contributed by atoms with Gasteiger partial charge in [-0.1, -0.05) is 181 Å². The Kier molecular flexibility index (Phi) is 43.7. The minimum atomic E-state index is -4.55. The fourth-order valence-corrected chi connectivity index (χ4v) is 6.83. The van der Waals surface area contributed by atoms with E-state index in [-0.39, 0.29) is 26.2 Å². The summed E-state index contributed by atoms with van der Waals surface area (Å²) >= 11 is 0. The summed E-state index contributed by atoms with van der Waals surface area (Å²) in [5.41, 5.74) is 0. The second-order valence-corrected chi connectivity index (χ2v) is 18.5. The lowest BCUT2D eigenvalue weighted by Gasteiger charge is -2.28. The SMILES string of the molecule is CC/C=C\C/C=C\C/C=C\C/C=C\C/C=C\CCCC(=O)OC(COCCCCCCCCCCCCC/C=C\C/C=C\C/C=C\C/C=C\CC)COP(=O)([O-])OCC[N+](C)(C)C. The molecule has 0 aromatic rings.